The van der Waals surface area contributed by atoms with E-state index in [2.05, 4.69) is 19.2 Å². The van der Waals surface area contributed by atoms with E-state index in [-0.39, 0.29) is 26.3 Å². The van der Waals surface area contributed by atoms with Crippen molar-refractivity contribution in [1.29, 1.82) is 0 Å². The number of benzene rings is 1. The first-order chi connectivity index (χ1) is 9.99. The summed E-state index contributed by atoms with van der Waals surface area (Å²) in [6.07, 6.45) is 0. The van der Waals surface area contributed by atoms with Crippen molar-refractivity contribution >= 4 is 17.5 Å². The minimum Gasteiger partial charge on any atom is -0.395 e. The van der Waals surface area contributed by atoms with Crippen molar-refractivity contribution in [2.45, 2.75) is 19.8 Å². The first kappa shape index (κ1) is 17.1. The molecule has 6 nitrogen and oxygen atoms in total. The number of carbonyl (C=O) groups excluding carboxylic acids is 2. The van der Waals surface area contributed by atoms with Crippen molar-refractivity contribution < 1.29 is 19.8 Å². The summed E-state index contributed by atoms with van der Waals surface area (Å²) in [5.41, 5.74) is 1.67. The molecule has 0 spiro atoms. The summed E-state index contributed by atoms with van der Waals surface area (Å²) in [6.45, 7) is 3.64. The lowest BCUT2D eigenvalue weighted by Gasteiger charge is -2.19. The third-order valence-electron chi connectivity index (χ3n) is 3.06. The molecule has 0 atom stereocenters. The van der Waals surface area contributed by atoms with E-state index in [0.29, 0.717) is 11.6 Å². The van der Waals surface area contributed by atoms with E-state index in [1.807, 2.05) is 12.1 Å². The first-order valence-electron chi connectivity index (χ1n) is 6.91. The minimum atomic E-state index is -0.783. The van der Waals surface area contributed by atoms with Gasteiger partial charge >= 0.3 is 11.8 Å². The Morgan fingerprint density at radius 2 is 1.62 bits per heavy atom. The molecule has 1 aromatic rings. The van der Waals surface area contributed by atoms with Gasteiger partial charge in [0.1, 0.15) is 0 Å². The van der Waals surface area contributed by atoms with Crippen LogP contribution >= 0.6 is 0 Å². The summed E-state index contributed by atoms with van der Waals surface area (Å²) < 4.78 is 0. The summed E-state index contributed by atoms with van der Waals surface area (Å²) >= 11 is 0. The minimum absolute atomic E-state index is 0.0130. The number of hydrogen-bond donors (Lipinski definition) is 3. The lowest BCUT2D eigenvalue weighted by Crippen LogP contribution is -2.42. The second kappa shape index (κ2) is 8.39. The van der Waals surface area contributed by atoms with Crippen LogP contribution in [0.1, 0.15) is 25.3 Å². The molecule has 0 fully saturated rings. The lowest BCUT2D eigenvalue weighted by atomic mass is 10.0. The zero-order valence-corrected chi connectivity index (χ0v) is 12.4. The molecule has 0 bridgehead atoms. The SMILES string of the molecule is CC(C)c1ccc(NC(=O)C(=O)N(CCO)CCO)cc1. The third-order valence-corrected chi connectivity index (χ3v) is 3.06. The van der Waals surface area contributed by atoms with E-state index in [4.69, 9.17) is 10.2 Å². The van der Waals surface area contributed by atoms with Gasteiger partial charge in [0.2, 0.25) is 0 Å². The highest BCUT2D eigenvalue weighted by molar-refractivity contribution is 6.39. The molecule has 0 aliphatic carbocycles. The van der Waals surface area contributed by atoms with Crippen LogP contribution < -0.4 is 5.32 Å². The van der Waals surface area contributed by atoms with Crippen molar-refractivity contribution in [2.24, 2.45) is 0 Å². The number of nitrogens with one attached hydrogen (secondary N) is 1. The Morgan fingerprint density at radius 3 is 2.05 bits per heavy atom. The van der Waals surface area contributed by atoms with E-state index in [1.165, 1.54) is 0 Å². The van der Waals surface area contributed by atoms with E-state index in [1.54, 1.807) is 12.1 Å². The highest BCUT2D eigenvalue weighted by atomic mass is 16.3. The van der Waals surface area contributed by atoms with Gasteiger partial charge in [-0.1, -0.05) is 26.0 Å². The van der Waals surface area contributed by atoms with Crippen molar-refractivity contribution in [3.63, 3.8) is 0 Å². The van der Waals surface area contributed by atoms with Crippen molar-refractivity contribution in [2.75, 3.05) is 31.6 Å². The fraction of sp³-hybridized carbons (Fsp3) is 0.467. The maximum absolute atomic E-state index is 11.9. The van der Waals surface area contributed by atoms with Crippen molar-refractivity contribution in [1.82, 2.24) is 4.90 Å². The van der Waals surface area contributed by atoms with Crippen molar-refractivity contribution in [3.05, 3.63) is 29.8 Å². The Kier molecular flexibility index (Phi) is 6.84. The average molecular weight is 294 g/mol. The first-order valence-corrected chi connectivity index (χ1v) is 6.91. The molecule has 0 radical (unpaired) electrons. The molecule has 2 amide bonds. The zero-order valence-electron chi connectivity index (χ0n) is 12.4. The number of rotatable bonds is 6. The fourth-order valence-corrected chi connectivity index (χ4v) is 1.84. The van der Waals surface area contributed by atoms with Crippen LogP contribution in [0, 0.1) is 0 Å². The molecule has 1 rings (SSSR count). The van der Waals surface area contributed by atoms with Gasteiger partial charge in [0, 0.05) is 18.8 Å². The van der Waals surface area contributed by atoms with Gasteiger partial charge < -0.3 is 20.4 Å². The second-order valence-electron chi connectivity index (χ2n) is 4.97. The average Bonchev–Trinajstić information content (AvgIpc) is 2.46. The van der Waals surface area contributed by atoms with Gasteiger partial charge in [-0.15, -0.1) is 0 Å². The Hall–Kier alpha value is -1.92. The Morgan fingerprint density at radius 1 is 1.10 bits per heavy atom. The van der Waals surface area contributed by atoms with E-state index >= 15 is 0 Å². The Bertz CT molecular complexity index is 465. The van der Waals surface area contributed by atoms with Crippen LogP contribution in [0.5, 0.6) is 0 Å². The number of carbonyl (C=O) groups is 2. The maximum Gasteiger partial charge on any atom is 0.313 e. The smallest absolute Gasteiger partial charge is 0.313 e. The highest BCUT2D eigenvalue weighted by Gasteiger charge is 2.21. The monoisotopic (exact) mass is 294 g/mol. The number of anilines is 1. The van der Waals surface area contributed by atoms with Crippen LogP contribution in [-0.2, 0) is 9.59 Å². The molecule has 0 aliphatic rings. The molecular formula is C15H22N2O4. The number of aliphatic hydroxyl groups excluding tert-OH is 2. The molecule has 1 aromatic carbocycles. The van der Waals surface area contributed by atoms with Gasteiger partial charge in [0.05, 0.1) is 13.2 Å². The van der Waals surface area contributed by atoms with Gasteiger partial charge in [0.25, 0.3) is 0 Å². The third kappa shape index (κ3) is 5.17. The molecular weight excluding hydrogens is 272 g/mol. The van der Waals surface area contributed by atoms with E-state index < -0.39 is 11.8 Å². The quantitative estimate of drug-likeness (QED) is 0.669. The van der Waals surface area contributed by atoms with Gasteiger partial charge in [-0.25, -0.2) is 0 Å². The number of aliphatic hydroxyl groups is 2. The molecule has 21 heavy (non-hydrogen) atoms. The Balaban J connectivity index is 2.68. The highest BCUT2D eigenvalue weighted by Crippen LogP contribution is 2.17. The van der Waals surface area contributed by atoms with Gasteiger partial charge in [0.15, 0.2) is 0 Å². The molecule has 0 unspecified atom stereocenters. The second-order valence-corrected chi connectivity index (χ2v) is 4.97. The molecule has 116 valence electrons. The molecule has 0 heterocycles. The molecule has 6 heteroatoms. The van der Waals surface area contributed by atoms with Crippen LogP contribution in [0.3, 0.4) is 0 Å². The largest absolute Gasteiger partial charge is 0.395 e. The summed E-state index contributed by atoms with van der Waals surface area (Å²) in [4.78, 5) is 24.9. The number of nitrogens with zero attached hydrogens (tertiary/aromatic N) is 1. The van der Waals surface area contributed by atoms with Gasteiger partial charge in [-0.2, -0.15) is 0 Å². The van der Waals surface area contributed by atoms with Crippen molar-refractivity contribution in [3.8, 4) is 0 Å². The standard InChI is InChI=1S/C15H22N2O4/c1-11(2)12-3-5-13(6-4-12)16-14(20)15(21)17(7-9-18)8-10-19/h3-6,11,18-19H,7-10H2,1-2H3,(H,16,20). The topological polar surface area (TPSA) is 89.9 Å². The predicted octanol–water partition coefficient (Wildman–Crippen LogP) is 0.562. The van der Waals surface area contributed by atoms with Crippen LogP contribution in [0.4, 0.5) is 5.69 Å². The number of amides is 2. The summed E-state index contributed by atoms with van der Waals surface area (Å²) in [6, 6.07) is 7.26. The van der Waals surface area contributed by atoms with Gasteiger partial charge in [-0.3, -0.25) is 9.59 Å². The van der Waals surface area contributed by atoms with E-state index in [9.17, 15) is 9.59 Å². The predicted molar refractivity (Wildman–Crippen MR) is 79.9 cm³/mol. The molecule has 0 saturated heterocycles. The maximum atomic E-state index is 11.9. The molecule has 0 aliphatic heterocycles. The molecule has 0 saturated carbocycles. The van der Waals surface area contributed by atoms with Crippen LogP contribution in [0.15, 0.2) is 24.3 Å². The zero-order chi connectivity index (χ0) is 15.8. The van der Waals surface area contributed by atoms with Crippen LogP contribution in [0.25, 0.3) is 0 Å². The van der Waals surface area contributed by atoms with E-state index in [0.717, 1.165) is 10.5 Å². The summed E-state index contributed by atoms with van der Waals surface area (Å²) in [7, 11) is 0. The lowest BCUT2D eigenvalue weighted by molar-refractivity contribution is -0.143. The fourth-order valence-electron chi connectivity index (χ4n) is 1.84. The van der Waals surface area contributed by atoms with Crippen LogP contribution in [0.2, 0.25) is 0 Å². The summed E-state index contributed by atoms with van der Waals surface area (Å²) in [5, 5.41) is 20.2. The van der Waals surface area contributed by atoms with Crippen LogP contribution in [-0.4, -0.2) is 53.2 Å². The Labute approximate surface area is 124 Å². The normalized spacial score (nSPS) is 10.5. The summed E-state index contributed by atoms with van der Waals surface area (Å²) in [5.74, 6) is -1.17. The number of hydrogen-bond acceptors (Lipinski definition) is 4. The molecule has 0 aromatic heterocycles. The van der Waals surface area contributed by atoms with Gasteiger partial charge in [-0.05, 0) is 23.6 Å². The molecule has 3 N–H and O–H groups in total.